The lowest BCUT2D eigenvalue weighted by Crippen LogP contribution is -2.56. The smallest absolute Gasteiger partial charge is 0.410 e. The van der Waals surface area contributed by atoms with Crippen molar-refractivity contribution in [1.82, 2.24) is 9.88 Å². The van der Waals surface area contributed by atoms with E-state index in [1.807, 2.05) is 46.1 Å². The van der Waals surface area contributed by atoms with Crippen molar-refractivity contribution in [3.8, 4) is 0 Å². The van der Waals surface area contributed by atoms with Crippen molar-refractivity contribution in [3.63, 3.8) is 0 Å². The van der Waals surface area contributed by atoms with Crippen LogP contribution in [0.3, 0.4) is 0 Å². The molecule has 0 unspecified atom stereocenters. The van der Waals surface area contributed by atoms with Gasteiger partial charge in [0, 0.05) is 26.3 Å². The summed E-state index contributed by atoms with van der Waals surface area (Å²) >= 11 is 0. The van der Waals surface area contributed by atoms with E-state index in [0.717, 1.165) is 25.2 Å². The fourth-order valence-corrected chi connectivity index (χ4v) is 2.19. The van der Waals surface area contributed by atoms with Gasteiger partial charge in [-0.2, -0.15) is 0 Å². The predicted molar refractivity (Wildman–Crippen MR) is 78.9 cm³/mol. The van der Waals surface area contributed by atoms with E-state index >= 15 is 0 Å². The van der Waals surface area contributed by atoms with Crippen LogP contribution in [-0.4, -0.2) is 47.8 Å². The maximum Gasteiger partial charge on any atom is 0.410 e. The van der Waals surface area contributed by atoms with Gasteiger partial charge in [0.15, 0.2) is 0 Å². The van der Waals surface area contributed by atoms with Gasteiger partial charge < -0.3 is 14.5 Å². The number of hydrogen-bond acceptors (Lipinski definition) is 4. The second kappa shape index (κ2) is 5.69. The van der Waals surface area contributed by atoms with Crippen molar-refractivity contribution in [2.45, 2.75) is 38.8 Å². The SMILES string of the molecule is CN(C[C@@H]1CCN1C(=O)OC(C)(C)C)c1cccnc1. The summed E-state index contributed by atoms with van der Waals surface area (Å²) in [4.78, 5) is 20.1. The van der Waals surface area contributed by atoms with Crippen LogP contribution in [0.25, 0.3) is 0 Å². The van der Waals surface area contributed by atoms with Crippen LogP contribution in [0.2, 0.25) is 0 Å². The van der Waals surface area contributed by atoms with Crippen LogP contribution in [0.15, 0.2) is 24.5 Å². The third-order valence-electron chi connectivity index (χ3n) is 3.34. The number of carbonyl (C=O) groups is 1. The standard InChI is InChI=1S/C15H23N3O2/c1-15(2,3)20-14(19)18-9-7-13(18)11-17(4)12-6-5-8-16-10-12/h5-6,8,10,13H,7,9,11H2,1-4H3/t13-/m0/s1. The van der Waals surface area contributed by atoms with Crippen LogP contribution >= 0.6 is 0 Å². The van der Waals surface area contributed by atoms with Gasteiger partial charge in [-0.1, -0.05) is 0 Å². The molecule has 110 valence electrons. The number of aromatic nitrogens is 1. The van der Waals surface area contributed by atoms with Crippen molar-refractivity contribution in [1.29, 1.82) is 0 Å². The topological polar surface area (TPSA) is 45.7 Å². The first-order chi connectivity index (χ1) is 9.37. The molecule has 0 aromatic carbocycles. The minimum Gasteiger partial charge on any atom is -0.444 e. The zero-order valence-electron chi connectivity index (χ0n) is 12.7. The van der Waals surface area contributed by atoms with E-state index in [9.17, 15) is 4.79 Å². The average molecular weight is 277 g/mol. The van der Waals surface area contributed by atoms with Crippen LogP contribution < -0.4 is 4.90 Å². The molecule has 2 rings (SSSR count). The van der Waals surface area contributed by atoms with Crippen LogP contribution in [0, 0.1) is 0 Å². The summed E-state index contributed by atoms with van der Waals surface area (Å²) in [6.45, 7) is 7.25. The van der Waals surface area contributed by atoms with E-state index in [1.54, 1.807) is 11.1 Å². The van der Waals surface area contributed by atoms with Crippen LogP contribution in [-0.2, 0) is 4.74 Å². The summed E-state index contributed by atoms with van der Waals surface area (Å²) in [5.41, 5.74) is 0.621. The molecule has 2 heterocycles. The third-order valence-corrected chi connectivity index (χ3v) is 3.34. The lowest BCUT2D eigenvalue weighted by molar-refractivity contribution is -0.00357. The second-order valence-electron chi connectivity index (χ2n) is 6.21. The summed E-state index contributed by atoms with van der Waals surface area (Å²) in [6, 6.07) is 4.15. The number of pyridine rings is 1. The number of rotatable bonds is 3. The first-order valence-electron chi connectivity index (χ1n) is 6.97. The number of likely N-dealkylation sites (tertiary alicyclic amines) is 1. The molecule has 0 radical (unpaired) electrons. The lowest BCUT2D eigenvalue weighted by Gasteiger charge is -2.43. The van der Waals surface area contributed by atoms with Crippen molar-refractivity contribution >= 4 is 11.8 Å². The highest BCUT2D eigenvalue weighted by molar-refractivity contribution is 5.69. The molecule has 1 aromatic heterocycles. The van der Waals surface area contributed by atoms with E-state index in [1.165, 1.54) is 0 Å². The highest BCUT2D eigenvalue weighted by atomic mass is 16.6. The fraction of sp³-hybridized carbons (Fsp3) is 0.600. The second-order valence-corrected chi connectivity index (χ2v) is 6.21. The van der Waals surface area contributed by atoms with Gasteiger partial charge in [0.2, 0.25) is 0 Å². The zero-order valence-corrected chi connectivity index (χ0v) is 12.7. The number of ether oxygens (including phenoxy) is 1. The summed E-state index contributed by atoms with van der Waals surface area (Å²) in [6.07, 6.45) is 4.39. The predicted octanol–water partition coefficient (Wildman–Crippen LogP) is 2.53. The normalized spacial score (nSPS) is 18.4. The van der Waals surface area contributed by atoms with Crippen LogP contribution in [0.5, 0.6) is 0 Å². The number of anilines is 1. The summed E-state index contributed by atoms with van der Waals surface area (Å²) < 4.78 is 5.42. The van der Waals surface area contributed by atoms with E-state index < -0.39 is 5.60 Å². The lowest BCUT2D eigenvalue weighted by atomic mass is 10.0. The molecule has 1 amide bonds. The molecule has 20 heavy (non-hydrogen) atoms. The number of nitrogens with zero attached hydrogens (tertiary/aromatic N) is 3. The van der Waals surface area contributed by atoms with Crippen LogP contribution in [0.4, 0.5) is 10.5 Å². The minimum absolute atomic E-state index is 0.215. The number of likely N-dealkylation sites (N-methyl/N-ethyl adjacent to an activating group) is 1. The number of carbonyl (C=O) groups excluding carboxylic acids is 1. The maximum absolute atomic E-state index is 12.0. The van der Waals surface area contributed by atoms with Gasteiger partial charge in [-0.05, 0) is 39.3 Å². The Hall–Kier alpha value is -1.78. The molecule has 1 aliphatic rings. The van der Waals surface area contributed by atoms with E-state index in [4.69, 9.17) is 4.74 Å². The molecule has 1 aromatic rings. The molecule has 1 saturated heterocycles. The molecule has 5 nitrogen and oxygen atoms in total. The highest BCUT2D eigenvalue weighted by Crippen LogP contribution is 2.23. The molecular formula is C15H23N3O2. The van der Waals surface area contributed by atoms with Gasteiger partial charge in [0.05, 0.1) is 17.9 Å². The Morgan fingerprint density at radius 3 is 2.80 bits per heavy atom. The van der Waals surface area contributed by atoms with Gasteiger partial charge in [-0.25, -0.2) is 4.79 Å². The maximum atomic E-state index is 12.0. The summed E-state index contributed by atoms with van der Waals surface area (Å²) in [5.74, 6) is 0. The largest absolute Gasteiger partial charge is 0.444 e. The van der Waals surface area contributed by atoms with Gasteiger partial charge >= 0.3 is 6.09 Å². The molecule has 0 aliphatic carbocycles. The zero-order chi connectivity index (χ0) is 14.8. The minimum atomic E-state index is -0.438. The fourth-order valence-electron chi connectivity index (χ4n) is 2.19. The first kappa shape index (κ1) is 14.6. The molecule has 0 N–H and O–H groups in total. The number of hydrogen-bond donors (Lipinski definition) is 0. The van der Waals surface area contributed by atoms with Gasteiger partial charge in [-0.15, -0.1) is 0 Å². The molecule has 0 spiro atoms. The molecule has 1 aliphatic heterocycles. The number of amides is 1. The van der Waals surface area contributed by atoms with E-state index in [-0.39, 0.29) is 12.1 Å². The molecule has 0 bridgehead atoms. The average Bonchev–Trinajstić information content (AvgIpc) is 2.33. The van der Waals surface area contributed by atoms with Gasteiger partial charge in [0.25, 0.3) is 0 Å². The van der Waals surface area contributed by atoms with Gasteiger partial charge in [-0.3, -0.25) is 4.98 Å². The van der Waals surface area contributed by atoms with E-state index in [2.05, 4.69) is 9.88 Å². The Balaban J connectivity index is 1.89. The molecule has 0 saturated carbocycles. The Kier molecular flexibility index (Phi) is 4.16. The third kappa shape index (κ3) is 3.62. The van der Waals surface area contributed by atoms with Crippen molar-refractivity contribution in [2.24, 2.45) is 0 Å². The first-order valence-corrected chi connectivity index (χ1v) is 6.97. The van der Waals surface area contributed by atoms with Crippen molar-refractivity contribution in [2.75, 3.05) is 25.0 Å². The highest BCUT2D eigenvalue weighted by Gasteiger charge is 2.35. The van der Waals surface area contributed by atoms with Crippen molar-refractivity contribution < 1.29 is 9.53 Å². The Labute approximate surface area is 120 Å². The van der Waals surface area contributed by atoms with Crippen LogP contribution in [0.1, 0.15) is 27.2 Å². The van der Waals surface area contributed by atoms with E-state index in [0.29, 0.717) is 0 Å². The Morgan fingerprint density at radius 1 is 1.55 bits per heavy atom. The molecule has 1 atom stereocenters. The monoisotopic (exact) mass is 277 g/mol. The Morgan fingerprint density at radius 2 is 2.30 bits per heavy atom. The van der Waals surface area contributed by atoms with Gasteiger partial charge in [0.1, 0.15) is 5.60 Å². The molecule has 1 fully saturated rings. The summed E-state index contributed by atoms with van der Waals surface area (Å²) in [5, 5.41) is 0. The molecule has 5 heteroatoms. The van der Waals surface area contributed by atoms with Crippen molar-refractivity contribution in [3.05, 3.63) is 24.5 Å². The molecular weight excluding hydrogens is 254 g/mol. The summed E-state index contributed by atoms with van der Waals surface area (Å²) in [7, 11) is 2.02. The quantitative estimate of drug-likeness (QED) is 0.851. The Bertz CT molecular complexity index is 456.